The van der Waals surface area contributed by atoms with Gasteiger partial charge >= 0.3 is 6.18 Å². The van der Waals surface area contributed by atoms with Crippen molar-refractivity contribution in [2.24, 2.45) is 0 Å². The zero-order chi connectivity index (χ0) is 12.2. The Balaban J connectivity index is 2.68. The van der Waals surface area contributed by atoms with Crippen molar-refractivity contribution in [1.82, 2.24) is 5.32 Å². The molecule has 0 aliphatic heterocycles. The quantitative estimate of drug-likeness (QED) is 0.883. The van der Waals surface area contributed by atoms with Crippen LogP contribution in [0.1, 0.15) is 24.9 Å². The van der Waals surface area contributed by atoms with Gasteiger partial charge in [0.1, 0.15) is 0 Å². The Bertz CT molecular complexity index is 338. The highest BCUT2D eigenvalue weighted by molar-refractivity contribution is 9.10. The Kier molecular flexibility index (Phi) is 4.80. The highest BCUT2D eigenvalue weighted by Crippen LogP contribution is 2.22. The van der Waals surface area contributed by atoms with Gasteiger partial charge in [0.25, 0.3) is 0 Å². The summed E-state index contributed by atoms with van der Waals surface area (Å²) in [5, 5.41) is 2.51. The van der Waals surface area contributed by atoms with Gasteiger partial charge in [0.05, 0.1) is 6.54 Å². The van der Waals surface area contributed by atoms with Gasteiger partial charge in [-0.3, -0.25) is 0 Å². The van der Waals surface area contributed by atoms with Gasteiger partial charge in [-0.15, -0.1) is 0 Å². The minimum atomic E-state index is -4.17. The molecule has 1 unspecified atom stereocenters. The third-order valence-electron chi connectivity index (χ3n) is 2.21. The van der Waals surface area contributed by atoms with Gasteiger partial charge in [0, 0.05) is 10.5 Å². The molecule has 0 saturated heterocycles. The van der Waals surface area contributed by atoms with E-state index in [0.717, 1.165) is 10.0 Å². The average molecular weight is 296 g/mol. The SMILES string of the molecule is CCC(NCC(F)(F)F)c1cccc(Br)c1. The maximum Gasteiger partial charge on any atom is 0.401 e. The van der Waals surface area contributed by atoms with Crippen molar-refractivity contribution >= 4 is 15.9 Å². The Hall–Kier alpha value is -0.550. The second-order valence-electron chi connectivity index (χ2n) is 3.51. The van der Waals surface area contributed by atoms with E-state index in [9.17, 15) is 13.2 Å². The van der Waals surface area contributed by atoms with E-state index in [-0.39, 0.29) is 6.04 Å². The molecule has 0 saturated carbocycles. The molecule has 0 aliphatic carbocycles. The van der Waals surface area contributed by atoms with E-state index in [1.54, 1.807) is 0 Å². The number of benzene rings is 1. The molecule has 0 spiro atoms. The van der Waals surface area contributed by atoms with Crippen molar-refractivity contribution in [3.8, 4) is 0 Å². The van der Waals surface area contributed by atoms with Gasteiger partial charge in [-0.1, -0.05) is 35.0 Å². The normalized spacial score (nSPS) is 13.8. The lowest BCUT2D eigenvalue weighted by Crippen LogP contribution is -2.31. The maximum absolute atomic E-state index is 12.1. The molecule has 1 aromatic carbocycles. The molecular formula is C11H13BrF3N. The molecule has 5 heteroatoms. The van der Waals surface area contributed by atoms with Gasteiger partial charge in [-0.05, 0) is 24.1 Å². The first kappa shape index (κ1) is 13.5. The van der Waals surface area contributed by atoms with Gasteiger partial charge in [-0.2, -0.15) is 13.2 Å². The summed E-state index contributed by atoms with van der Waals surface area (Å²) in [6.45, 7) is 0.896. The summed E-state index contributed by atoms with van der Waals surface area (Å²) < 4.78 is 37.1. The van der Waals surface area contributed by atoms with Crippen molar-refractivity contribution in [3.05, 3.63) is 34.3 Å². The van der Waals surface area contributed by atoms with Gasteiger partial charge in [0.2, 0.25) is 0 Å². The first-order valence-corrected chi connectivity index (χ1v) is 5.77. The molecular weight excluding hydrogens is 283 g/mol. The van der Waals surface area contributed by atoms with Crippen LogP contribution < -0.4 is 5.32 Å². The monoisotopic (exact) mass is 295 g/mol. The predicted molar refractivity (Wildman–Crippen MR) is 61.2 cm³/mol. The van der Waals surface area contributed by atoms with Crippen molar-refractivity contribution in [2.75, 3.05) is 6.54 Å². The lowest BCUT2D eigenvalue weighted by molar-refractivity contribution is -0.126. The number of halogens is 4. The van der Waals surface area contributed by atoms with Crippen LogP contribution >= 0.6 is 15.9 Å². The molecule has 0 bridgehead atoms. The fraction of sp³-hybridized carbons (Fsp3) is 0.455. The lowest BCUT2D eigenvalue weighted by Gasteiger charge is -2.18. The molecule has 0 aromatic heterocycles. The highest BCUT2D eigenvalue weighted by Gasteiger charge is 2.27. The van der Waals surface area contributed by atoms with Crippen LogP contribution in [0.4, 0.5) is 13.2 Å². The van der Waals surface area contributed by atoms with Crippen LogP contribution in [0.3, 0.4) is 0 Å². The highest BCUT2D eigenvalue weighted by atomic mass is 79.9. The summed E-state index contributed by atoms with van der Waals surface area (Å²) in [7, 11) is 0. The second kappa shape index (κ2) is 5.68. The Labute approximate surface area is 101 Å². The summed E-state index contributed by atoms with van der Waals surface area (Å²) in [5.74, 6) is 0. The molecule has 1 rings (SSSR count). The molecule has 1 atom stereocenters. The van der Waals surface area contributed by atoms with Crippen molar-refractivity contribution < 1.29 is 13.2 Å². The molecule has 1 aromatic rings. The molecule has 0 radical (unpaired) electrons. The van der Waals surface area contributed by atoms with E-state index in [1.165, 1.54) is 0 Å². The molecule has 1 N–H and O–H groups in total. The van der Waals surface area contributed by atoms with Crippen LogP contribution in [0.2, 0.25) is 0 Å². The molecule has 0 fully saturated rings. The summed E-state index contributed by atoms with van der Waals surface area (Å²) in [4.78, 5) is 0. The number of rotatable bonds is 4. The van der Waals surface area contributed by atoms with E-state index >= 15 is 0 Å². The smallest absolute Gasteiger partial charge is 0.302 e. The molecule has 0 heterocycles. The van der Waals surface area contributed by atoms with E-state index in [2.05, 4.69) is 21.2 Å². The molecule has 0 aliphatic rings. The van der Waals surface area contributed by atoms with Crippen molar-refractivity contribution in [2.45, 2.75) is 25.6 Å². The Morgan fingerprint density at radius 1 is 1.38 bits per heavy atom. The standard InChI is InChI=1S/C11H13BrF3N/c1-2-10(16-7-11(13,14)15)8-4-3-5-9(12)6-8/h3-6,10,16H,2,7H2,1H3. The van der Waals surface area contributed by atoms with E-state index < -0.39 is 12.7 Å². The maximum atomic E-state index is 12.1. The van der Waals surface area contributed by atoms with Crippen molar-refractivity contribution in [3.63, 3.8) is 0 Å². The largest absolute Gasteiger partial charge is 0.401 e. The topological polar surface area (TPSA) is 12.0 Å². The fourth-order valence-corrected chi connectivity index (χ4v) is 1.88. The molecule has 1 nitrogen and oxygen atoms in total. The molecule has 90 valence electrons. The number of hydrogen-bond donors (Lipinski definition) is 1. The van der Waals surface area contributed by atoms with E-state index in [4.69, 9.17) is 0 Å². The predicted octanol–water partition coefficient (Wildman–Crippen LogP) is 4.05. The molecule has 16 heavy (non-hydrogen) atoms. The van der Waals surface area contributed by atoms with Crippen LogP contribution in [0.5, 0.6) is 0 Å². The van der Waals surface area contributed by atoms with Crippen LogP contribution in [0, 0.1) is 0 Å². The third kappa shape index (κ3) is 4.53. The van der Waals surface area contributed by atoms with Gasteiger partial charge in [0.15, 0.2) is 0 Å². The molecule has 0 amide bonds. The van der Waals surface area contributed by atoms with Crippen LogP contribution in [-0.4, -0.2) is 12.7 Å². The van der Waals surface area contributed by atoms with Crippen LogP contribution in [0.25, 0.3) is 0 Å². The first-order chi connectivity index (χ1) is 7.42. The number of hydrogen-bond acceptors (Lipinski definition) is 1. The van der Waals surface area contributed by atoms with Crippen LogP contribution in [-0.2, 0) is 0 Å². The lowest BCUT2D eigenvalue weighted by atomic mass is 10.0. The second-order valence-corrected chi connectivity index (χ2v) is 4.43. The zero-order valence-electron chi connectivity index (χ0n) is 8.81. The summed E-state index contributed by atoms with van der Waals surface area (Å²) in [5.41, 5.74) is 0.862. The van der Waals surface area contributed by atoms with Crippen LogP contribution in [0.15, 0.2) is 28.7 Å². The summed E-state index contributed by atoms with van der Waals surface area (Å²) >= 11 is 3.30. The first-order valence-electron chi connectivity index (χ1n) is 4.98. The van der Waals surface area contributed by atoms with E-state index in [0.29, 0.717) is 6.42 Å². The number of nitrogens with one attached hydrogen (secondary N) is 1. The Morgan fingerprint density at radius 2 is 2.06 bits per heavy atom. The average Bonchev–Trinajstić information content (AvgIpc) is 2.17. The van der Waals surface area contributed by atoms with Crippen molar-refractivity contribution in [1.29, 1.82) is 0 Å². The van der Waals surface area contributed by atoms with E-state index in [1.807, 2.05) is 31.2 Å². The minimum Gasteiger partial charge on any atom is -0.302 e. The fourth-order valence-electron chi connectivity index (χ4n) is 1.46. The Morgan fingerprint density at radius 3 is 2.56 bits per heavy atom. The summed E-state index contributed by atoms with van der Waals surface area (Å²) in [6.07, 6.45) is -3.55. The summed E-state index contributed by atoms with van der Waals surface area (Å²) in [6, 6.07) is 7.05. The number of alkyl halides is 3. The zero-order valence-corrected chi connectivity index (χ0v) is 10.4. The minimum absolute atomic E-state index is 0.265. The third-order valence-corrected chi connectivity index (χ3v) is 2.70. The van der Waals surface area contributed by atoms with Gasteiger partial charge in [-0.25, -0.2) is 0 Å². The van der Waals surface area contributed by atoms with Gasteiger partial charge < -0.3 is 5.32 Å².